The molecule has 0 unspecified atom stereocenters. The molecule has 0 aliphatic heterocycles. The molecule has 3 aromatic rings. The van der Waals surface area contributed by atoms with Crippen molar-refractivity contribution in [2.24, 2.45) is 0 Å². The van der Waals surface area contributed by atoms with E-state index in [9.17, 15) is 18.0 Å². The molecule has 0 saturated carbocycles. The number of rotatable bonds is 11. The van der Waals surface area contributed by atoms with E-state index in [1.54, 1.807) is 43.3 Å². The summed E-state index contributed by atoms with van der Waals surface area (Å²) in [6.07, 6.45) is 0.759. The molecule has 0 heterocycles. The second kappa shape index (κ2) is 13.1. The van der Waals surface area contributed by atoms with Gasteiger partial charge in [0, 0.05) is 17.6 Å². The average molecular weight is 601 g/mol. The second-order valence-corrected chi connectivity index (χ2v) is 12.1. The van der Waals surface area contributed by atoms with Crippen molar-refractivity contribution in [3.63, 3.8) is 0 Å². The van der Waals surface area contributed by atoms with E-state index >= 15 is 0 Å². The van der Waals surface area contributed by atoms with Gasteiger partial charge in [-0.1, -0.05) is 70.4 Å². The van der Waals surface area contributed by atoms with E-state index < -0.39 is 28.5 Å². The van der Waals surface area contributed by atoms with Crippen molar-refractivity contribution in [3.8, 4) is 0 Å². The van der Waals surface area contributed by atoms with Gasteiger partial charge in [-0.2, -0.15) is 0 Å². The Morgan fingerprint density at radius 1 is 0.895 bits per heavy atom. The Bertz CT molecular complexity index is 1340. The maximum absolute atomic E-state index is 13.8. The van der Waals surface area contributed by atoms with E-state index in [0.29, 0.717) is 12.2 Å². The molecule has 0 aromatic heterocycles. The van der Waals surface area contributed by atoms with E-state index in [1.165, 1.54) is 17.0 Å². The number of nitrogens with zero attached hydrogens (tertiary/aromatic N) is 2. The quantitative estimate of drug-likeness (QED) is 0.328. The Labute approximate surface area is 234 Å². The third-order valence-electron chi connectivity index (χ3n) is 6.19. The van der Waals surface area contributed by atoms with Gasteiger partial charge in [-0.25, -0.2) is 8.42 Å². The molecular weight excluding hydrogens is 566 g/mol. The summed E-state index contributed by atoms with van der Waals surface area (Å²) in [5.74, 6) is -0.774. The first-order valence-corrected chi connectivity index (χ1v) is 14.7. The van der Waals surface area contributed by atoms with Gasteiger partial charge in [0.05, 0.1) is 10.6 Å². The largest absolute Gasteiger partial charge is 0.354 e. The summed E-state index contributed by atoms with van der Waals surface area (Å²) < 4.78 is 29.6. The maximum atomic E-state index is 13.8. The van der Waals surface area contributed by atoms with Crippen molar-refractivity contribution in [2.45, 2.75) is 51.6 Å². The third-order valence-corrected chi connectivity index (χ3v) is 8.51. The summed E-state index contributed by atoms with van der Waals surface area (Å²) in [5, 5.41) is 2.84. The lowest BCUT2D eigenvalue weighted by Crippen LogP contribution is -2.51. The van der Waals surface area contributed by atoms with E-state index in [0.717, 1.165) is 31.9 Å². The molecule has 0 aliphatic carbocycles. The van der Waals surface area contributed by atoms with Gasteiger partial charge < -0.3 is 10.2 Å². The van der Waals surface area contributed by atoms with Crippen molar-refractivity contribution >= 4 is 43.5 Å². The Morgan fingerprint density at radius 2 is 1.45 bits per heavy atom. The Hall–Kier alpha value is -3.17. The minimum Gasteiger partial charge on any atom is -0.354 e. The van der Waals surface area contributed by atoms with Gasteiger partial charge in [-0.05, 0) is 69.2 Å². The highest BCUT2D eigenvalue weighted by Gasteiger charge is 2.32. The third kappa shape index (κ3) is 7.45. The number of aryl methyl sites for hydroxylation is 2. The molecule has 0 saturated heterocycles. The minimum absolute atomic E-state index is 0.0877. The molecular formula is C29H34BrN3O4S. The van der Waals surface area contributed by atoms with Crippen LogP contribution in [0, 0.1) is 13.8 Å². The molecule has 0 spiro atoms. The lowest BCUT2D eigenvalue weighted by Gasteiger charge is -2.32. The van der Waals surface area contributed by atoms with Crippen molar-refractivity contribution < 1.29 is 18.0 Å². The Kier molecular flexibility index (Phi) is 10.1. The monoisotopic (exact) mass is 599 g/mol. The molecule has 3 rings (SSSR count). The smallest absolute Gasteiger partial charge is 0.264 e. The van der Waals surface area contributed by atoms with Crippen molar-refractivity contribution in [3.05, 3.63) is 94.0 Å². The fourth-order valence-electron chi connectivity index (χ4n) is 3.84. The molecule has 0 aliphatic rings. The number of nitrogens with one attached hydrogen (secondary N) is 1. The second-order valence-electron chi connectivity index (χ2n) is 9.28. The van der Waals surface area contributed by atoms with Crippen LogP contribution in [0.5, 0.6) is 0 Å². The molecule has 202 valence electrons. The minimum atomic E-state index is -4.07. The van der Waals surface area contributed by atoms with Crippen LogP contribution in [0.4, 0.5) is 5.69 Å². The van der Waals surface area contributed by atoms with E-state index in [-0.39, 0.29) is 17.3 Å². The number of amides is 2. The lowest BCUT2D eigenvalue weighted by atomic mass is 10.1. The van der Waals surface area contributed by atoms with Gasteiger partial charge in [0.15, 0.2) is 0 Å². The first-order valence-electron chi connectivity index (χ1n) is 12.5. The maximum Gasteiger partial charge on any atom is 0.264 e. The van der Waals surface area contributed by atoms with Crippen molar-refractivity contribution in [1.29, 1.82) is 0 Å². The van der Waals surface area contributed by atoms with Crippen LogP contribution in [0.3, 0.4) is 0 Å². The molecule has 1 atom stereocenters. The van der Waals surface area contributed by atoms with Crippen LogP contribution in [-0.4, -0.2) is 44.3 Å². The molecule has 0 fully saturated rings. The highest BCUT2D eigenvalue weighted by atomic mass is 79.9. The van der Waals surface area contributed by atoms with Crippen LogP contribution in [0.25, 0.3) is 0 Å². The number of halogens is 1. The van der Waals surface area contributed by atoms with Crippen molar-refractivity contribution in [1.82, 2.24) is 10.2 Å². The lowest BCUT2D eigenvalue weighted by molar-refractivity contribution is -0.139. The van der Waals surface area contributed by atoms with E-state index in [2.05, 4.69) is 21.2 Å². The fraction of sp³-hybridized carbons (Fsp3) is 0.310. The molecule has 3 aromatic carbocycles. The predicted molar refractivity (Wildman–Crippen MR) is 154 cm³/mol. The SMILES string of the molecule is CCCNC(=O)[C@@H](C)N(Cc1ccc(Br)cc1)C(=O)CN(c1ccc(C)cc1)S(=O)(=O)c1ccc(C)cc1. The van der Waals surface area contributed by atoms with E-state index in [4.69, 9.17) is 0 Å². The number of carbonyl (C=O) groups excluding carboxylic acids is 2. The van der Waals surface area contributed by atoms with Crippen LogP contribution in [0.15, 0.2) is 82.2 Å². The molecule has 38 heavy (non-hydrogen) atoms. The topological polar surface area (TPSA) is 86.8 Å². The summed E-state index contributed by atoms with van der Waals surface area (Å²) in [5.41, 5.74) is 3.08. The zero-order valence-electron chi connectivity index (χ0n) is 22.1. The Morgan fingerprint density at radius 3 is 2.00 bits per heavy atom. The molecule has 2 amide bonds. The number of carbonyl (C=O) groups is 2. The van der Waals surface area contributed by atoms with Gasteiger partial charge in [-0.3, -0.25) is 13.9 Å². The van der Waals surface area contributed by atoms with Crippen LogP contribution < -0.4 is 9.62 Å². The summed E-state index contributed by atoms with van der Waals surface area (Å²) in [4.78, 5) is 28.3. The van der Waals surface area contributed by atoms with Crippen LogP contribution >= 0.6 is 15.9 Å². The number of hydrogen-bond donors (Lipinski definition) is 1. The number of benzene rings is 3. The van der Waals surface area contributed by atoms with Gasteiger partial charge in [0.25, 0.3) is 10.0 Å². The number of hydrogen-bond acceptors (Lipinski definition) is 4. The fourth-order valence-corrected chi connectivity index (χ4v) is 5.52. The first-order chi connectivity index (χ1) is 18.0. The highest BCUT2D eigenvalue weighted by molar-refractivity contribution is 9.10. The molecule has 0 radical (unpaired) electrons. The van der Waals surface area contributed by atoms with E-state index in [1.807, 2.05) is 45.0 Å². The summed E-state index contributed by atoms with van der Waals surface area (Å²) in [6, 6.07) is 20.1. The number of sulfonamides is 1. The molecule has 0 bridgehead atoms. The van der Waals surface area contributed by atoms with Crippen molar-refractivity contribution in [2.75, 3.05) is 17.4 Å². The zero-order chi connectivity index (χ0) is 27.9. The van der Waals surface area contributed by atoms with Gasteiger partial charge in [-0.15, -0.1) is 0 Å². The summed E-state index contributed by atoms with van der Waals surface area (Å²) in [6.45, 7) is 7.57. The summed E-state index contributed by atoms with van der Waals surface area (Å²) in [7, 11) is -4.07. The molecule has 7 nitrogen and oxygen atoms in total. The predicted octanol–water partition coefficient (Wildman–Crippen LogP) is 5.20. The van der Waals surface area contributed by atoms with Gasteiger partial charge in [0.2, 0.25) is 11.8 Å². The Balaban J connectivity index is 2.00. The number of anilines is 1. The molecule has 9 heteroatoms. The van der Waals surface area contributed by atoms with Crippen LogP contribution in [0.2, 0.25) is 0 Å². The zero-order valence-corrected chi connectivity index (χ0v) is 24.6. The summed E-state index contributed by atoms with van der Waals surface area (Å²) >= 11 is 3.42. The molecule has 1 N–H and O–H groups in total. The van der Waals surface area contributed by atoms with Crippen LogP contribution in [0.1, 0.15) is 37.0 Å². The highest BCUT2D eigenvalue weighted by Crippen LogP contribution is 2.25. The average Bonchev–Trinajstić information content (AvgIpc) is 2.90. The first kappa shape index (κ1) is 29.4. The normalized spacial score (nSPS) is 12.0. The van der Waals surface area contributed by atoms with Crippen LogP contribution in [-0.2, 0) is 26.2 Å². The van der Waals surface area contributed by atoms with Gasteiger partial charge in [0.1, 0.15) is 12.6 Å². The standard InChI is InChI=1S/C29H34BrN3O4S/c1-5-18-31-29(35)23(4)32(19-24-10-12-25(30)13-11-24)28(34)20-33(26-14-6-21(2)7-15-26)38(36,37)27-16-8-22(3)9-17-27/h6-17,23H,5,18-20H2,1-4H3,(H,31,35)/t23-/m1/s1. The van der Waals surface area contributed by atoms with Gasteiger partial charge >= 0.3 is 0 Å².